The van der Waals surface area contributed by atoms with Gasteiger partial charge in [-0.05, 0) is 36.5 Å². The van der Waals surface area contributed by atoms with Crippen molar-refractivity contribution < 1.29 is 27.4 Å². The largest absolute Gasteiger partial charge is 0.417 e. The van der Waals surface area contributed by atoms with Crippen LogP contribution in [0.25, 0.3) is 11.1 Å². The molecule has 3 rings (SSSR count). The van der Waals surface area contributed by atoms with Gasteiger partial charge in [0.1, 0.15) is 5.69 Å². The fraction of sp³-hybridized carbons (Fsp3) is 0.353. The van der Waals surface area contributed by atoms with E-state index < -0.39 is 17.7 Å². The molecule has 0 spiro atoms. The summed E-state index contributed by atoms with van der Waals surface area (Å²) in [4.78, 5) is 17.4. The highest BCUT2D eigenvalue weighted by Crippen LogP contribution is 2.43. The van der Waals surface area contributed by atoms with E-state index in [2.05, 4.69) is 9.93 Å². The van der Waals surface area contributed by atoms with Gasteiger partial charge >= 0.3 is 12.1 Å². The Bertz CT molecular complexity index is 745. The molecule has 3 nitrogen and oxygen atoms in total. The molecule has 1 fully saturated rings. The van der Waals surface area contributed by atoms with Crippen LogP contribution in [-0.2, 0) is 11.1 Å². The number of nitrogens with one attached hydrogen (secondary N) is 1. The highest BCUT2D eigenvalue weighted by Gasteiger charge is 2.35. The van der Waals surface area contributed by atoms with E-state index in [4.69, 9.17) is 0 Å². The third-order valence-corrected chi connectivity index (χ3v) is 4.42. The second kappa shape index (κ2) is 6.30. The van der Waals surface area contributed by atoms with Gasteiger partial charge in [-0.1, -0.05) is 31.0 Å². The van der Waals surface area contributed by atoms with Gasteiger partial charge in [-0.25, -0.2) is 9.74 Å². The lowest BCUT2D eigenvalue weighted by Gasteiger charge is -2.15. The Morgan fingerprint density at radius 2 is 1.79 bits per heavy atom. The maximum absolute atomic E-state index is 13.3. The second-order valence-electron chi connectivity index (χ2n) is 5.90. The number of halogens is 4. The first-order valence-electron chi connectivity index (χ1n) is 7.64. The average Bonchev–Trinajstić information content (AvgIpc) is 3.22. The van der Waals surface area contributed by atoms with Crippen LogP contribution in [0.3, 0.4) is 0 Å². The quantitative estimate of drug-likeness (QED) is 0.760. The molecule has 0 bridgehead atoms. The number of aromatic amines is 1. The van der Waals surface area contributed by atoms with E-state index in [1.165, 1.54) is 24.3 Å². The van der Waals surface area contributed by atoms with Crippen molar-refractivity contribution in [3.8, 4) is 11.1 Å². The van der Waals surface area contributed by atoms with Crippen LogP contribution in [-0.4, -0.2) is 11.0 Å². The van der Waals surface area contributed by atoms with E-state index in [0.29, 0.717) is 5.69 Å². The van der Waals surface area contributed by atoms with E-state index in [1.54, 1.807) is 0 Å². The van der Waals surface area contributed by atoms with Crippen molar-refractivity contribution in [1.82, 2.24) is 4.98 Å². The van der Waals surface area contributed by atoms with E-state index >= 15 is 0 Å². The number of alkyl halides is 3. The van der Waals surface area contributed by atoms with Gasteiger partial charge in [-0.3, -0.25) is 0 Å². The van der Waals surface area contributed by atoms with Gasteiger partial charge in [0.05, 0.1) is 5.56 Å². The minimum Gasteiger partial charge on any atom is -0.352 e. The summed E-state index contributed by atoms with van der Waals surface area (Å²) in [6, 6.07) is 6.40. The number of aromatic nitrogens is 1. The Labute approximate surface area is 135 Å². The zero-order valence-corrected chi connectivity index (χ0v) is 12.6. The van der Waals surface area contributed by atoms with Crippen molar-refractivity contribution in [3.05, 3.63) is 47.3 Å². The topological polar surface area (TPSA) is 42.1 Å². The Morgan fingerprint density at radius 3 is 2.42 bits per heavy atom. The van der Waals surface area contributed by atoms with E-state index in [1.807, 2.05) is 0 Å². The maximum Gasteiger partial charge on any atom is 0.417 e. The molecule has 7 heteroatoms. The standard InChI is InChI=1S/C17H15F4NO2/c18-17(19,20)13-8-4-3-7-11(13)12-9-14(16(23)24-21)22-15(12)10-5-1-2-6-10/h3-4,7-10,22H,1-2,5-6H2. The number of H-pyrrole nitrogens is 1. The summed E-state index contributed by atoms with van der Waals surface area (Å²) >= 11 is 0. The molecule has 24 heavy (non-hydrogen) atoms. The molecule has 0 aliphatic heterocycles. The number of hydrogen-bond acceptors (Lipinski definition) is 2. The molecule has 1 aliphatic carbocycles. The molecule has 1 aromatic carbocycles. The molecular formula is C17H15F4NO2. The minimum atomic E-state index is -4.53. The summed E-state index contributed by atoms with van der Waals surface area (Å²) in [6.07, 6.45) is -0.973. The molecular weight excluding hydrogens is 326 g/mol. The number of carbonyl (C=O) groups is 1. The molecule has 1 aliphatic rings. The smallest absolute Gasteiger partial charge is 0.352 e. The van der Waals surface area contributed by atoms with E-state index in [9.17, 15) is 22.5 Å². The van der Waals surface area contributed by atoms with Crippen LogP contribution in [0.4, 0.5) is 17.7 Å². The minimum absolute atomic E-state index is 0.0162. The van der Waals surface area contributed by atoms with Crippen molar-refractivity contribution in [2.75, 3.05) is 0 Å². The number of rotatable bonds is 3. The second-order valence-corrected chi connectivity index (χ2v) is 5.90. The van der Waals surface area contributed by atoms with E-state index in [0.717, 1.165) is 31.7 Å². The summed E-state index contributed by atoms with van der Waals surface area (Å²) in [5.41, 5.74) is -0.198. The lowest BCUT2D eigenvalue weighted by Crippen LogP contribution is -2.07. The van der Waals surface area contributed by atoms with Crippen molar-refractivity contribution >= 4 is 5.97 Å². The zero-order valence-electron chi connectivity index (χ0n) is 12.6. The monoisotopic (exact) mass is 341 g/mol. The normalized spacial score (nSPS) is 15.7. The van der Waals surface area contributed by atoms with Gasteiger partial charge in [0.15, 0.2) is 0 Å². The van der Waals surface area contributed by atoms with Crippen LogP contribution < -0.4 is 0 Å². The molecule has 0 unspecified atom stereocenters. The number of hydrogen-bond donors (Lipinski definition) is 1. The molecule has 1 heterocycles. The molecule has 0 saturated heterocycles. The number of carbonyl (C=O) groups excluding carboxylic acids is 1. The van der Waals surface area contributed by atoms with E-state index in [-0.39, 0.29) is 22.7 Å². The molecule has 1 N–H and O–H groups in total. The van der Waals surface area contributed by atoms with Gasteiger partial charge < -0.3 is 4.98 Å². The van der Waals surface area contributed by atoms with Crippen molar-refractivity contribution in [2.45, 2.75) is 37.8 Å². The van der Waals surface area contributed by atoms with Crippen LogP contribution >= 0.6 is 0 Å². The SMILES string of the molecule is O=C(OF)c1cc(-c2ccccc2C(F)(F)F)c(C2CCCC2)[nH]1. The van der Waals surface area contributed by atoms with Crippen LogP contribution in [0.2, 0.25) is 0 Å². The predicted molar refractivity (Wildman–Crippen MR) is 79.0 cm³/mol. The van der Waals surface area contributed by atoms with Gasteiger partial charge in [0.25, 0.3) is 0 Å². The zero-order chi connectivity index (χ0) is 17.3. The first-order chi connectivity index (χ1) is 11.4. The third kappa shape index (κ3) is 3.02. The predicted octanol–water partition coefficient (Wildman–Crippen LogP) is 5.40. The van der Waals surface area contributed by atoms with Crippen molar-refractivity contribution in [3.63, 3.8) is 0 Å². The highest BCUT2D eigenvalue weighted by atomic mass is 19.4. The molecule has 1 saturated carbocycles. The summed E-state index contributed by atoms with van der Waals surface area (Å²) in [6.45, 7) is 0. The summed E-state index contributed by atoms with van der Waals surface area (Å²) in [5, 5.41) is 0. The maximum atomic E-state index is 13.3. The van der Waals surface area contributed by atoms with Crippen LogP contribution in [0.1, 0.15) is 53.3 Å². The summed E-state index contributed by atoms with van der Waals surface area (Å²) in [5.74, 6) is -1.23. The van der Waals surface area contributed by atoms with Gasteiger partial charge in [0, 0.05) is 15.8 Å². The van der Waals surface area contributed by atoms with Gasteiger partial charge in [-0.15, -0.1) is 0 Å². The Kier molecular flexibility index (Phi) is 4.34. The third-order valence-electron chi connectivity index (χ3n) is 4.42. The molecule has 0 radical (unpaired) electrons. The van der Waals surface area contributed by atoms with Crippen LogP contribution in [0.5, 0.6) is 0 Å². The lowest BCUT2D eigenvalue weighted by atomic mass is 9.93. The van der Waals surface area contributed by atoms with Crippen molar-refractivity contribution in [2.24, 2.45) is 0 Å². The average molecular weight is 341 g/mol. The van der Waals surface area contributed by atoms with Crippen LogP contribution in [0, 0.1) is 0 Å². The lowest BCUT2D eigenvalue weighted by molar-refractivity contribution is -0.137. The fourth-order valence-electron chi connectivity index (χ4n) is 3.35. The Hall–Kier alpha value is -2.31. The van der Waals surface area contributed by atoms with Crippen molar-refractivity contribution in [1.29, 1.82) is 0 Å². The molecule has 0 amide bonds. The molecule has 2 aromatic rings. The molecule has 1 aromatic heterocycles. The summed E-state index contributed by atoms with van der Waals surface area (Å²) < 4.78 is 52.1. The first-order valence-corrected chi connectivity index (χ1v) is 7.64. The van der Waals surface area contributed by atoms with Gasteiger partial charge in [-0.2, -0.15) is 13.2 Å². The number of benzene rings is 1. The summed E-state index contributed by atoms with van der Waals surface area (Å²) in [7, 11) is 0. The Morgan fingerprint density at radius 1 is 1.12 bits per heavy atom. The molecule has 0 atom stereocenters. The molecule has 128 valence electrons. The first kappa shape index (κ1) is 16.5. The van der Waals surface area contributed by atoms with Crippen LogP contribution in [0.15, 0.2) is 30.3 Å². The Balaban J connectivity index is 2.16. The fourth-order valence-corrected chi connectivity index (χ4v) is 3.35. The van der Waals surface area contributed by atoms with Gasteiger partial charge in [0.2, 0.25) is 0 Å². The highest BCUT2D eigenvalue weighted by molar-refractivity contribution is 5.90.